The minimum absolute atomic E-state index is 0.0574. The second kappa shape index (κ2) is 13.1. The number of likely N-dealkylation sites (tertiary alicyclic amines) is 1. The van der Waals surface area contributed by atoms with E-state index in [4.69, 9.17) is 14.6 Å². The molecule has 6 heteroatoms. The van der Waals surface area contributed by atoms with Gasteiger partial charge in [-0.15, -0.1) is 0 Å². The van der Waals surface area contributed by atoms with Crippen LogP contribution in [-0.4, -0.2) is 67.1 Å². The first kappa shape index (κ1) is 27.4. The Kier molecular flexibility index (Phi) is 10.6. The third-order valence-electron chi connectivity index (χ3n) is 6.03. The highest BCUT2D eigenvalue weighted by molar-refractivity contribution is 5.94. The normalized spacial score (nSPS) is 14.6. The van der Waals surface area contributed by atoms with E-state index in [0.717, 1.165) is 29.0 Å². The minimum atomic E-state index is -0.250. The largest absolute Gasteiger partial charge is 0.493 e. The summed E-state index contributed by atoms with van der Waals surface area (Å²) in [6.07, 6.45) is 2.43. The highest BCUT2D eigenvalue weighted by Crippen LogP contribution is 2.25. The molecule has 0 spiro atoms. The third kappa shape index (κ3) is 8.82. The van der Waals surface area contributed by atoms with Crippen LogP contribution >= 0.6 is 0 Å². The summed E-state index contributed by atoms with van der Waals surface area (Å²) in [5.74, 6) is 1.63. The molecule has 0 bridgehead atoms. The van der Waals surface area contributed by atoms with Crippen molar-refractivity contribution in [2.24, 2.45) is 11.3 Å². The van der Waals surface area contributed by atoms with Gasteiger partial charge in [0.15, 0.2) is 0 Å². The van der Waals surface area contributed by atoms with E-state index >= 15 is 0 Å². The summed E-state index contributed by atoms with van der Waals surface area (Å²) in [6.45, 7) is 13.7. The monoisotopic (exact) mass is 468 g/mol. The number of piperidine rings is 1. The lowest BCUT2D eigenvalue weighted by Crippen LogP contribution is -2.40. The molecule has 2 aromatic carbocycles. The van der Waals surface area contributed by atoms with Crippen LogP contribution in [0.4, 0.5) is 0 Å². The van der Waals surface area contributed by atoms with Gasteiger partial charge in [0.05, 0.1) is 6.61 Å². The van der Waals surface area contributed by atoms with E-state index in [-0.39, 0.29) is 12.4 Å². The maximum atomic E-state index is 12.3. The molecule has 1 N–H and O–H groups in total. The number of hydrogen-bond donors (Lipinski definition) is 1. The van der Waals surface area contributed by atoms with Crippen LogP contribution in [0, 0.1) is 11.3 Å². The smallest absolute Gasteiger partial charge is 0.290 e. The standard InChI is InChI=1S/C27H38N2O2.CH2O2/c1-6-28(5)26(30)24-9-7-22(8-10-24)23-11-13-25(14-12-23)31-19-21-15-17-29(18-16-21)20-27(2,3)4;2-1-3/h7-14,21H,6,15-20H2,1-5H3;1H,(H,2,3). The van der Waals surface area contributed by atoms with Crippen molar-refractivity contribution in [3.63, 3.8) is 0 Å². The van der Waals surface area contributed by atoms with Crippen molar-refractivity contribution in [2.45, 2.75) is 40.5 Å². The number of hydrogen-bond acceptors (Lipinski definition) is 4. The van der Waals surface area contributed by atoms with Crippen LogP contribution in [0.15, 0.2) is 48.5 Å². The quantitative estimate of drug-likeness (QED) is 0.560. The molecule has 6 nitrogen and oxygen atoms in total. The lowest BCUT2D eigenvalue weighted by molar-refractivity contribution is -0.122. The van der Waals surface area contributed by atoms with Crippen LogP contribution in [0.3, 0.4) is 0 Å². The van der Waals surface area contributed by atoms with Crippen molar-refractivity contribution in [2.75, 3.05) is 39.8 Å². The Labute approximate surface area is 204 Å². The number of benzene rings is 2. The molecule has 34 heavy (non-hydrogen) atoms. The van der Waals surface area contributed by atoms with Gasteiger partial charge in [-0.1, -0.05) is 45.0 Å². The Morgan fingerprint density at radius 3 is 2.03 bits per heavy atom. The Balaban J connectivity index is 0.00000129. The van der Waals surface area contributed by atoms with Gasteiger partial charge in [0, 0.05) is 25.7 Å². The zero-order valence-corrected chi connectivity index (χ0v) is 21.3. The molecule has 0 radical (unpaired) electrons. The van der Waals surface area contributed by atoms with Crippen LogP contribution in [0.25, 0.3) is 11.1 Å². The Hall–Kier alpha value is -2.86. The molecule has 0 atom stereocenters. The molecule has 1 fully saturated rings. The van der Waals surface area contributed by atoms with Gasteiger partial charge in [-0.25, -0.2) is 0 Å². The first-order valence-electron chi connectivity index (χ1n) is 12.1. The predicted octanol–water partition coefficient (Wildman–Crippen LogP) is 5.28. The lowest BCUT2D eigenvalue weighted by atomic mass is 9.92. The fourth-order valence-corrected chi connectivity index (χ4v) is 4.11. The summed E-state index contributed by atoms with van der Waals surface area (Å²) >= 11 is 0. The van der Waals surface area contributed by atoms with Gasteiger partial charge in [-0.2, -0.15) is 0 Å². The number of amides is 1. The summed E-state index contributed by atoms with van der Waals surface area (Å²) in [5, 5.41) is 6.89. The number of carboxylic acid groups (broad SMARTS) is 1. The van der Waals surface area contributed by atoms with Crippen molar-refractivity contribution in [1.29, 1.82) is 0 Å². The molecule has 3 rings (SSSR count). The SMILES string of the molecule is CCN(C)C(=O)c1ccc(-c2ccc(OCC3CCN(CC(C)(C)C)CC3)cc2)cc1.O=CO. The van der Waals surface area contributed by atoms with Crippen molar-refractivity contribution in [1.82, 2.24) is 9.80 Å². The van der Waals surface area contributed by atoms with Gasteiger partial charge in [-0.3, -0.25) is 9.59 Å². The second-order valence-electron chi connectivity index (χ2n) is 10.1. The van der Waals surface area contributed by atoms with E-state index in [1.165, 1.54) is 32.5 Å². The molecule has 1 aliphatic rings. The average molecular weight is 469 g/mol. The lowest BCUT2D eigenvalue weighted by Gasteiger charge is -2.35. The molecule has 1 amide bonds. The van der Waals surface area contributed by atoms with E-state index < -0.39 is 0 Å². The van der Waals surface area contributed by atoms with Crippen LogP contribution in [0.1, 0.15) is 50.9 Å². The zero-order chi connectivity index (χ0) is 25.1. The zero-order valence-electron chi connectivity index (χ0n) is 21.3. The summed E-state index contributed by atoms with van der Waals surface area (Å²) in [4.78, 5) is 24.9. The summed E-state index contributed by atoms with van der Waals surface area (Å²) in [5.41, 5.74) is 3.33. The number of nitrogens with zero attached hydrogens (tertiary/aromatic N) is 2. The number of rotatable bonds is 7. The summed E-state index contributed by atoms with van der Waals surface area (Å²) in [7, 11) is 1.82. The van der Waals surface area contributed by atoms with Gasteiger partial charge >= 0.3 is 0 Å². The molecule has 0 aromatic heterocycles. The molecule has 1 heterocycles. The molecular formula is C28H40N2O4. The molecule has 1 aliphatic heterocycles. The number of carbonyl (C=O) groups excluding carboxylic acids is 1. The van der Waals surface area contributed by atoms with E-state index in [0.29, 0.717) is 17.9 Å². The minimum Gasteiger partial charge on any atom is -0.493 e. The van der Waals surface area contributed by atoms with E-state index in [2.05, 4.69) is 37.8 Å². The average Bonchev–Trinajstić information content (AvgIpc) is 2.82. The van der Waals surface area contributed by atoms with Crippen molar-refractivity contribution in [3.05, 3.63) is 54.1 Å². The molecule has 1 saturated heterocycles. The molecule has 0 unspecified atom stereocenters. The van der Waals surface area contributed by atoms with Crippen molar-refractivity contribution < 1.29 is 19.4 Å². The molecule has 0 aliphatic carbocycles. The van der Waals surface area contributed by atoms with E-state index in [1.807, 2.05) is 50.4 Å². The predicted molar refractivity (Wildman–Crippen MR) is 137 cm³/mol. The van der Waals surface area contributed by atoms with Crippen LogP contribution in [0.2, 0.25) is 0 Å². The second-order valence-corrected chi connectivity index (χ2v) is 10.1. The van der Waals surface area contributed by atoms with Crippen LogP contribution in [0.5, 0.6) is 5.75 Å². The topological polar surface area (TPSA) is 70.1 Å². The van der Waals surface area contributed by atoms with Gasteiger partial charge < -0.3 is 19.6 Å². The first-order chi connectivity index (χ1) is 16.2. The van der Waals surface area contributed by atoms with Gasteiger partial charge in [0.1, 0.15) is 5.75 Å². The number of ether oxygens (including phenoxy) is 1. The van der Waals surface area contributed by atoms with Crippen LogP contribution in [-0.2, 0) is 4.79 Å². The fourth-order valence-electron chi connectivity index (χ4n) is 4.11. The van der Waals surface area contributed by atoms with Crippen LogP contribution < -0.4 is 4.74 Å². The molecular weight excluding hydrogens is 428 g/mol. The van der Waals surface area contributed by atoms with E-state index in [9.17, 15) is 4.79 Å². The maximum Gasteiger partial charge on any atom is 0.290 e. The Morgan fingerprint density at radius 1 is 1.06 bits per heavy atom. The third-order valence-corrected chi connectivity index (χ3v) is 6.03. The Morgan fingerprint density at radius 2 is 1.56 bits per heavy atom. The highest BCUT2D eigenvalue weighted by atomic mass is 16.5. The summed E-state index contributed by atoms with van der Waals surface area (Å²) in [6, 6.07) is 16.1. The fraction of sp³-hybridized carbons (Fsp3) is 0.500. The van der Waals surface area contributed by atoms with Gasteiger partial charge in [0.2, 0.25) is 0 Å². The molecule has 0 saturated carbocycles. The molecule has 2 aromatic rings. The number of carbonyl (C=O) groups is 2. The maximum absolute atomic E-state index is 12.3. The first-order valence-corrected chi connectivity index (χ1v) is 12.1. The summed E-state index contributed by atoms with van der Waals surface area (Å²) < 4.78 is 6.09. The van der Waals surface area contributed by atoms with Gasteiger partial charge in [0.25, 0.3) is 12.4 Å². The van der Waals surface area contributed by atoms with Crippen molar-refractivity contribution in [3.8, 4) is 16.9 Å². The highest BCUT2D eigenvalue weighted by Gasteiger charge is 2.23. The molecule has 186 valence electrons. The van der Waals surface area contributed by atoms with Crippen molar-refractivity contribution >= 4 is 12.4 Å². The Bertz CT molecular complexity index is 880. The van der Waals surface area contributed by atoms with E-state index in [1.54, 1.807) is 4.90 Å². The van der Waals surface area contributed by atoms with Gasteiger partial charge in [-0.05, 0) is 79.6 Å².